The van der Waals surface area contributed by atoms with Gasteiger partial charge in [0.1, 0.15) is 5.82 Å². The molecule has 1 aromatic carbocycles. The van der Waals surface area contributed by atoms with Crippen molar-refractivity contribution < 1.29 is 9.59 Å². The van der Waals surface area contributed by atoms with Crippen molar-refractivity contribution in [3.63, 3.8) is 0 Å². The van der Waals surface area contributed by atoms with Gasteiger partial charge in [0.05, 0.1) is 11.8 Å². The molecule has 1 aromatic heterocycles. The van der Waals surface area contributed by atoms with E-state index in [0.29, 0.717) is 29.4 Å². The van der Waals surface area contributed by atoms with Gasteiger partial charge in [-0.05, 0) is 49.2 Å². The first kappa shape index (κ1) is 17.2. The number of carbonyl (C=O) groups excluding carboxylic acids is 2. The van der Waals surface area contributed by atoms with E-state index in [-0.39, 0.29) is 11.8 Å². The third-order valence-electron chi connectivity index (χ3n) is 4.13. The van der Waals surface area contributed by atoms with E-state index in [9.17, 15) is 9.59 Å². The summed E-state index contributed by atoms with van der Waals surface area (Å²) in [6.07, 6.45) is 6.55. The van der Waals surface area contributed by atoms with Crippen molar-refractivity contribution in [2.24, 2.45) is 11.8 Å². The summed E-state index contributed by atoms with van der Waals surface area (Å²) in [6.45, 7) is 0. The van der Waals surface area contributed by atoms with Crippen LogP contribution >= 0.6 is 11.6 Å². The lowest BCUT2D eigenvalue weighted by Gasteiger charge is -2.26. The molecule has 25 heavy (non-hydrogen) atoms. The topological polar surface area (TPSA) is 71.1 Å². The lowest BCUT2D eigenvalue weighted by atomic mass is 9.81. The predicted molar refractivity (Wildman–Crippen MR) is 98.3 cm³/mol. The largest absolute Gasteiger partial charge is 0.326 e. The van der Waals surface area contributed by atoms with Gasteiger partial charge in [-0.15, -0.1) is 0 Å². The number of allylic oxidation sites excluding steroid dienone is 2. The molecule has 0 spiro atoms. The van der Waals surface area contributed by atoms with Gasteiger partial charge in [0.25, 0.3) is 0 Å². The molecule has 6 heteroatoms. The summed E-state index contributed by atoms with van der Waals surface area (Å²) in [5.41, 5.74) is 0.660. The number of anilines is 2. The molecule has 128 valence electrons. The standard InChI is InChI=1S/C19H18ClN3O2/c20-13-8-10-14(11-9-13)22-18(24)15-5-1-2-6-16(15)19(25)23-17-7-3-4-12-21-17/h1-4,7-12,15-16H,5-6H2,(H,22,24)(H,21,23,25). The molecule has 2 amide bonds. The number of hydrogen-bond donors (Lipinski definition) is 2. The van der Waals surface area contributed by atoms with Crippen molar-refractivity contribution in [2.45, 2.75) is 12.8 Å². The average molecular weight is 356 g/mol. The zero-order chi connectivity index (χ0) is 17.6. The molecule has 2 aromatic rings. The number of nitrogens with one attached hydrogen (secondary N) is 2. The lowest BCUT2D eigenvalue weighted by molar-refractivity contribution is -0.129. The molecular formula is C19H18ClN3O2. The summed E-state index contributed by atoms with van der Waals surface area (Å²) >= 11 is 5.86. The molecule has 0 fully saturated rings. The molecule has 2 N–H and O–H groups in total. The van der Waals surface area contributed by atoms with Gasteiger partial charge in [-0.1, -0.05) is 29.8 Å². The Kier molecular flexibility index (Phi) is 5.46. The highest BCUT2D eigenvalue weighted by atomic mass is 35.5. The Morgan fingerprint density at radius 2 is 1.56 bits per heavy atom. The van der Waals surface area contributed by atoms with Crippen LogP contribution in [0.3, 0.4) is 0 Å². The smallest absolute Gasteiger partial charge is 0.229 e. The molecule has 1 heterocycles. The first-order chi connectivity index (χ1) is 12.1. The van der Waals surface area contributed by atoms with E-state index in [2.05, 4.69) is 15.6 Å². The van der Waals surface area contributed by atoms with Crippen LogP contribution in [-0.2, 0) is 9.59 Å². The summed E-state index contributed by atoms with van der Waals surface area (Å²) in [7, 11) is 0. The van der Waals surface area contributed by atoms with Crippen molar-refractivity contribution in [1.29, 1.82) is 0 Å². The van der Waals surface area contributed by atoms with Gasteiger partial charge in [0, 0.05) is 16.9 Å². The maximum absolute atomic E-state index is 12.6. The Balaban J connectivity index is 1.69. The van der Waals surface area contributed by atoms with Crippen LogP contribution in [0.25, 0.3) is 0 Å². The van der Waals surface area contributed by atoms with Crippen LogP contribution in [0.4, 0.5) is 11.5 Å². The first-order valence-corrected chi connectivity index (χ1v) is 8.44. The summed E-state index contributed by atoms with van der Waals surface area (Å²) in [4.78, 5) is 29.3. The van der Waals surface area contributed by atoms with Gasteiger partial charge in [-0.25, -0.2) is 4.98 Å². The second kappa shape index (κ2) is 7.94. The molecule has 1 aliphatic rings. The van der Waals surface area contributed by atoms with E-state index < -0.39 is 11.8 Å². The zero-order valence-electron chi connectivity index (χ0n) is 13.5. The maximum atomic E-state index is 12.6. The molecular weight excluding hydrogens is 338 g/mol. The number of nitrogens with zero attached hydrogens (tertiary/aromatic N) is 1. The lowest BCUT2D eigenvalue weighted by Crippen LogP contribution is -2.37. The van der Waals surface area contributed by atoms with Crippen LogP contribution in [0.15, 0.2) is 60.8 Å². The first-order valence-electron chi connectivity index (χ1n) is 8.07. The molecule has 0 saturated heterocycles. The number of benzene rings is 1. The number of amides is 2. The van der Waals surface area contributed by atoms with E-state index in [0.717, 1.165) is 0 Å². The third-order valence-corrected chi connectivity index (χ3v) is 4.39. The highest BCUT2D eigenvalue weighted by Crippen LogP contribution is 2.28. The van der Waals surface area contributed by atoms with E-state index in [4.69, 9.17) is 11.6 Å². The molecule has 0 radical (unpaired) electrons. The SMILES string of the molecule is O=C(Nc1ccc(Cl)cc1)C1CC=CCC1C(=O)Nc1ccccn1. The van der Waals surface area contributed by atoms with Crippen molar-refractivity contribution in [3.8, 4) is 0 Å². The van der Waals surface area contributed by atoms with Gasteiger partial charge in [-0.2, -0.15) is 0 Å². The zero-order valence-corrected chi connectivity index (χ0v) is 14.2. The second-order valence-corrected chi connectivity index (χ2v) is 6.29. The number of hydrogen-bond acceptors (Lipinski definition) is 3. The summed E-state index contributed by atoms with van der Waals surface area (Å²) < 4.78 is 0. The number of carbonyl (C=O) groups is 2. The molecule has 0 aliphatic heterocycles. The van der Waals surface area contributed by atoms with E-state index in [1.807, 2.05) is 12.2 Å². The van der Waals surface area contributed by atoms with Gasteiger partial charge >= 0.3 is 0 Å². The van der Waals surface area contributed by atoms with Gasteiger partial charge in [0.2, 0.25) is 11.8 Å². The summed E-state index contributed by atoms with van der Waals surface area (Å²) in [6, 6.07) is 12.2. The fraction of sp³-hybridized carbons (Fsp3) is 0.211. The minimum Gasteiger partial charge on any atom is -0.326 e. The summed E-state index contributed by atoms with van der Waals surface area (Å²) in [5, 5.41) is 6.25. The van der Waals surface area contributed by atoms with E-state index in [1.54, 1.807) is 48.7 Å². The Morgan fingerprint density at radius 1 is 0.920 bits per heavy atom. The van der Waals surface area contributed by atoms with Gasteiger partial charge in [-0.3, -0.25) is 9.59 Å². The maximum Gasteiger partial charge on any atom is 0.229 e. The molecule has 0 saturated carbocycles. The van der Waals surface area contributed by atoms with Crippen LogP contribution in [0.5, 0.6) is 0 Å². The molecule has 0 bridgehead atoms. The fourth-order valence-electron chi connectivity index (χ4n) is 2.82. The molecule has 1 aliphatic carbocycles. The minimum atomic E-state index is -0.431. The number of aromatic nitrogens is 1. The Morgan fingerprint density at radius 3 is 2.16 bits per heavy atom. The van der Waals surface area contributed by atoms with Crippen molar-refractivity contribution in [3.05, 3.63) is 65.8 Å². The molecule has 2 unspecified atom stereocenters. The Bertz CT molecular complexity index is 775. The van der Waals surface area contributed by atoms with Crippen LogP contribution in [0.2, 0.25) is 5.02 Å². The van der Waals surface area contributed by atoms with Crippen molar-refractivity contribution in [1.82, 2.24) is 4.98 Å². The number of rotatable bonds is 4. The van der Waals surface area contributed by atoms with Crippen LogP contribution in [-0.4, -0.2) is 16.8 Å². The predicted octanol–water partition coefficient (Wildman–Crippen LogP) is 3.89. The van der Waals surface area contributed by atoms with Crippen molar-refractivity contribution >= 4 is 34.9 Å². The molecule has 3 rings (SSSR count). The Labute approximate surface area is 151 Å². The minimum absolute atomic E-state index is 0.173. The molecule has 5 nitrogen and oxygen atoms in total. The highest BCUT2D eigenvalue weighted by molar-refractivity contribution is 6.30. The molecule has 2 atom stereocenters. The Hall–Kier alpha value is -2.66. The van der Waals surface area contributed by atoms with Gasteiger partial charge < -0.3 is 10.6 Å². The fourth-order valence-corrected chi connectivity index (χ4v) is 2.94. The van der Waals surface area contributed by atoms with E-state index in [1.165, 1.54) is 0 Å². The number of pyridine rings is 1. The summed E-state index contributed by atoms with van der Waals surface area (Å²) in [5.74, 6) is -0.741. The number of halogens is 1. The van der Waals surface area contributed by atoms with Crippen LogP contribution in [0, 0.1) is 11.8 Å². The highest BCUT2D eigenvalue weighted by Gasteiger charge is 2.34. The van der Waals surface area contributed by atoms with E-state index >= 15 is 0 Å². The normalized spacial score (nSPS) is 19.2. The van der Waals surface area contributed by atoms with Crippen LogP contribution < -0.4 is 10.6 Å². The monoisotopic (exact) mass is 355 g/mol. The third kappa shape index (κ3) is 4.45. The van der Waals surface area contributed by atoms with Crippen LogP contribution in [0.1, 0.15) is 12.8 Å². The average Bonchev–Trinajstić information content (AvgIpc) is 2.64. The quantitative estimate of drug-likeness (QED) is 0.817. The van der Waals surface area contributed by atoms with Crippen molar-refractivity contribution in [2.75, 3.05) is 10.6 Å². The van der Waals surface area contributed by atoms with Gasteiger partial charge in [0.15, 0.2) is 0 Å². The second-order valence-electron chi connectivity index (χ2n) is 5.86.